The average Bonchev–Trinajstić information content (AvgIpc) is 3.05. The fourth-order valence-corrected chi connectivity index (χ4v) is 3.95. The molecule has 1 aliphatic carbocycles. The van der Waals surface area contributed by atoms with Gasteiger partial charge in [0.15, 0.2) is 0 Å². The summed E-state index contributed by atoms with van der Waals surface area (Å²) in [7, 11) is 0. The quantitative estimate of drug-likeness (QED) is 0.805. The minimum absolute atomic E-state index is 0. The number of carbonyl (C=O) groups excluding carboxylic acids is 2. The van der Waals surface area contributed by atoms with Crippen molar-refractivity contribution in [2.45, 2.75) is 64.0 Å². The maximum absolute atomic E-state index is 12.8. The molecule has 0 aromatic heterocycles. The van der Waals surface area contributed by atoms with Gasteiger partial charge in [-0.3, -0.25) is 9.59 Å². The van der Waals surface area contributed by atoms with Crippen LogP contribution in [0.4, 0.5) is 5.69 Å². The van der Waals surface area contributed by atoms with Gasteiger partial charge in [0.25, 0.3) is 0 Å². The van der Waals surface area contributed by atoms with E-state index >= 15 is 0 Å². The SMILES string of the molecule is CCCC(=O)N1CCCC1C(=O)NC1CCCc2cc(N)ccc21.Cl. The van der Waals surface area contributed by atoms with E-state index in [4.69, 9.17) is 5.73 Å². The highest BCUT2D eigenvalue weighted by molar-refractivity contribution is 5.88. The van der Waals surface area contributed by atoms with E-state index in [1.54, 1.807) is 4.90 Å². The Morgan fingerprint density at radius 2 is 2.08 bits per heavy atom. The number of nitrogens with zero attached hydrogens (tertiary/aromatic N) is 1. The molecular formula is C19H28ClN3O2. The third-order valence-electron chi connectivity index (χ3n) is 5.14. The maximum atomic E-state index is 12.8. The zero-order valence-corrected chi connectivity index (χ0v) is 15.6. The fourth-order valence-electron chi connectivity index (χ4n) is 3.95. The van der Waals surface area contributed by atoms with Gasteiger partial charge in [0.05, 0.1) is 6.04 Å². The Morgan fingerprint density at radius 1 is 1.28 bits per heavy atom. The van der Waals surface area contributed by atoms with E-state index in [-0.39, 0.29) is 36.3 Å². The van der Waals surface area contributed by atoms with Crippen LogP contribution in [0, 0.1) is 0 Å². The number of likely N-dealkylation sites (tertiary alicyclic amines) is 1. The summed E-state index contributed by atoms with van der Waals surface area (Å²) < 4.78 is 0. The molecule has 6 heteroatoms. The van der Waals surface area contributed by atoms with E-state index < -0.39 is 0 Å². The number of anilines is 1. The molecule has 1 fully saturated rings. The molecule has 1 aliphatic heterocycles. The largest absolute Gasteiger partial charge is 0.399 e. The van der Waals surface area contributed by atoms with Gasteiger partial charge in [0, 0.05) is 18.7 Å². The van der Waals surface area contributed by atoms with Crippen molar-refractivity contribution >= 4 is 29.9 Å². The molecule has 1 aromatic rings. The van der Waals surface area contributed by atoms with Crippen LogP contribution in [0.2, 0.25) is 0 Å². The van der Waals surface area contributed by atoms with Crippen LogP contribution in [-0.2, 0) is 16.0 Å². The first kappa shape index (κ1) is 19.6. The Balaban J connectivity index is 0.00000225. The van der Waals surface area contributed by atoms with Crippen LogP contribution in [0.3, 0.4) is 0 Å². The normalized spacial score (nSPS) is 22.0. The molecule has 2 atom stereocenters. The lowest BCUT2D eigenvalue weighted by Crippen LogP contribution is -2.47. The zero-order chi connectivity index (χ0) is 17.1. The molecule has 5 nitrogen and oxygen atoms in total. The first-order chi connectivity index (χ1) is 11.6. The zero-order valence-electron chi connectivity index (χ0n) is 14.8. The van der Waals surface area contributed by atoms with Crippen molar-refractivity contribution in [3.63, 3.8) is 0 Å². The highest BCUT2D eigenvalue weighted by atomic mass is 35.5. The molecule has 138 valence electrons. The van der Waals surface area contributed by atoms with Crippen molar-refractivity contribution in [2.75, 3.05) is 12.3 Å². The number of rotatable bonds is 4. The molecule has 2 amide bonds. The molecule has 1 heterocycles. The number of carbonyl (C=O) groups is 2. The third-order valence-corrected chi connectivity index (χ3v) is 5.14. The molecule has 2 unspecified atom stereocenters. The van der Waals surface area contributed by atoms with E-state index in [2.05, 4.69) is 5.32 Å². The second-order valence-electron chi connectivity index (χ2n) is 6.91. The molecule has 0 radical (unpaired) electrons. The highest BCUT2D eigenvalue weighted by Crippen LogP contribution is 2.31. The highest BCUT2D eigenvalue weighted by Gasteiger charge is 2.35. The molecule has 2 aliphatic rings. The molecule has 0 spiro atoms. The van der Waals surface area contributed by atoms with Crippen molar-refractivity contribution in [3.05, 3.63) is 29.3 Å². The van der Waals surface area contributed by atoms with Gasteiger partial charge in [0.2, 0.25) is 11.8 Å². The van der Waals surface area contributed by atoms with Gasteiger partial charge in [-0.15, -0.1) is 12.4 Å². The van der Waals surface area contributed by atoms with Crippen LogP contribution in [0.15, 0.2) is 18.2 Å². The lowest BCUT2D eigenvalue weighted by molar-refractivity contribution is -0.138. The summed E-state index contributed by atoms with van der Waals surface area (Å²) in [4.78, 5) is 26.8. The van der Waals surface area contributed by atoms with Gasteiger partial charge in [-0.25, -0.2) is 0 Å². The number of hydrogen-bond donors (Lipinski definition) is 2. The summed E-state index contributed by atoms with van der Waals surface area (Å²) in [5, 5.41) is 3.19. The molecule has 0 bridgehead atoms. The number of nitrogens with one attached hydrogen (secondary N) is 1. The summed E-state index contributed by atoms with van der Waals surface area (Å²) >= 11 is 0. The predicted molar refractivity (Wildman–Crippen MR) is 102 cm³/mol. The summed E-state index contributed by atoms with van der Waals surface area (Å²) in [5.74, 6) is 0.0959. The molecule has 25 heavy (non-hydrogen) atoms. The van der Waals surface area contributed by atoms with Crippen molar-refractivity contribution in [3.8, 4) is 0 Å². The number of hydrogen-bond acceptors (Lipinski definition) is 3. The molecule has 1 aromatic carbocycles. The first-order valence-electron chi connectivity index (χ1n) is 9.08. The standard InChI is InChI=1S/C19H27N3O2.ClH/c1-2-5-18(23)22-11-4-8-17(22)19(24)21-16-7-3-6-13-12-14(20)9-10-15(13)16;/h9-10,12,16-17H,2-8,11,20H2,1H3,(H,21,24);1H. The van der Waals surface area contributed by atoms with Crippen LogP contribution in [0.5, 0.6) is 0 Å². The summed E-state index contributed by atoms with van der Waals surface area (Å²) in [5.41, 5.74) is 9.06. The second-order valence-corrected chi connectivity index (χ2v) is 6.91. The Kier molecular flexibility index (Phi) is 6.71. The van der Waals surface area contributed by atoms with E-state index in [1.165, 1.54) is 11.1 Å². The van der Waals surface area contributed by atoms with Crippen molar-refractivity contribution in [2.24, 2.45) is 0 Å². The van der Waals surface area contributed by atoms with E-state index in [0.29, 0.717) is 13.0 Å². The fraction of sp³-hybridized carbons (Fsp3) is 0.579. The monoisotopic (exact) mass is 365 g/mol. The van der Waals surface area contributed by atoms with E-state index in [0.717, 1.165) is 44.2 Å². The van der Waals surface area contributed by atoms with Crippen LogP contribution in [0.25, 0.3) is 0 Å². The number of benzene rings is 1. The molecule has 0 saturated carbocycles. The number of fused-ring (bicyclic) bond motifs is 1. The van der Waals surface area contributed by atoms with E-state index in [1.807, 2.05) is 25.1 Å². The smallest absolute Gasteiger partial charge is 0.243 e. The number of aryl methyl sites for hydroxylation is 1. The Hall–Kier alpha value is -1.75. The van der Waals surface area contributed by atoms with Crippen molar-refractivity contribution in [1.29, 1.82) is 0 Å². The molecular weight excluding hydrogens is 338 g/mol. The molecule has 3 rings (SSSR count). The lowest BCUT2D eigenvalue weighted by Gasteiger charge is -2.30. The Morgan fingerprint density at radius 3 is 2.84 bits per heavy atom. The summed E-state index contributed by atoms with van der Waals surface area (Å²) in [6, 6.07) is 5.67. The first-order valence-corrected chi connectivity index (χ1v) is 9.08. The predicted octanol–water partition coefficient (Wildman–Crippen LogP) is 2.98. The number of halogens is 1. The third kappa shape index (κ3) is 4.27. The minimum Gasteiger partial charge on any atom is -0.399 e. The van der Waals surface area contributed by atoms with Gasteiger partial charge >= 0.3 is 0 Å². The van der Waals surface area contributed by atoms with Crippen molar-refractivity contribution in [1.82, 2.24) is 10.2 Å². The van der Waals surface area contributed by atoms with Crippen LogP contribution < -0.4 is 11.1 Å². The number of nitrogens with two attached hydrogens (primary N) is 1. The topological polar surface area (TPSA) is 75.4 Å². The van der Waals surface area contributed by atoms with Crippen LogP contribution in [0.1, 0.15) is 62.6 Å². The summed E-state index contributed by atoms with van der Waals surface area (Å²) in [6.07, 6.45) is 6.02. The summed E-state index contributed by atoms with van der Waals surface area (Å²) in [6.45, 7) is 2.70. The van der Waals surface area contributed by atoms with Gasteiger partial charge in [-0.2, -0.15) is 0 Å². The number of amides is 2. The van der Waals surface area contributed by atoms with Gasteiger partial charge in [0.1, 0.15) is 6.04 Å². The molecule has 3 N–H and O–H groups in total. The Labute approximate surface area is 155 Å². The average molecular weight is 366 g/mol. The molecule has 1 saturated heterocycles. The number of nitrogen functional groups attached to an aromatic ring is 1. The maximum Gasteiger partial charge on any atom is 0.243 e. The Bertz CT molecular complexity index is 635. The van der Waals surface area contributed by atoms with E-state index in [9.17, 15) is 9.59 Å². The van der Waals surface area contributed by atoms with Gasteiger partial charge < -0.3 is 16.0 Å². The van der Waals surface area contributed by atoms with Gasteiger partial charge in [-0.1, -0.05) is 13.0 Å². The van der Waals surface area contributed by atoms with Gasteiger partial charge in [-0.05, 0) is 61.8 Å². The van der Waals surface area contributed by atoms with Crippen molar-refractivity contribution < 1.29 is 9.59 Å². The lowest BCUT2D eigenvalue weighted by atomic mass is 9.87. The second kappa shape index (κ2) is 8.56. The van der Waals surface area contributed by atoms with Crippen LogP contribution >= 0.6 is 12.4 Å². The van der Waals surface area contributed by atoms with Crippen LogP contribution in [-0.4, -0.2) is 29.3 Å². The minimum atomic E-state index is -0.303.